The van der Waals surface area contributed by atoms with Crippen molar-refractivity contribution >= 4 is 29.9 Å². The Morgan fingerprint density at radius 2 is 1.83 bits per heavy atom. The number of aliphatic hydroxyl groups excluding tert-OH is 1. The molecule has 4 nitrogen and oxygen atoms in total. The average molecular weight is 447 g/mol. The van der Waals surface area contributed by atoms with E-state index in [0.717, 1.165) is 44.9 Å². The van der Waals surface area contributed by atoms with Crippen LogP contribution in [-0.4, -0.2) is 37.3 Å². The van der Waals surface area contributed by atoms with Gasteiger partial charge in [-0.3, -0.25) is 4.99 Å². The Labute approximate surface area is 164 Å². The van der Waals surface area contributed by atoms with E-state index < -0.39 is 0 Å². The molecule has 1 aromatic rings. The highest BCUT2D eigenvalue weighted by Crippen LogP contribution is 2.13. The molecule has 0 bridgehead atoms. The Kier molecular flexibility index (Phi) is 14.0. The summed E-state index contributed by atoms with van der Waals surface area (Å²) in [6.07, 6.45) is 3.08. The highest BCUT2D eigenvalue weighted by atomic mass is 127. The van der Waals surface area contributed by atoms with Crippen molar-refractivity contribution in [2.45, 2.75) is 46.0 Å². The topological polar surface area (TPSA) is 56.7 Å². The minimum Gasteiger partial charge on any atom is -0.396 e. The van der Waals surface area contributed by atoms with Crippen LogP contribution < -0.4 is 10.6 Å². The van der Waals surface area contributed by atoms with E-state index in [1.165, 1.54) is 5.56 Å². The standard InChI is InChI=1S/C19H33N3O.HI/c1-4-9-17(12-13-23)15-22-19(20-5-2)21-14-16(3)18-10-7-6-8-11-18;/h6-8,10-11,16-17,23H,4-5,9,12-15H2,1-3H3,(H2,20,21,22);1H. The summed E-state index contributed by atoms with van der Waals surface area (Å²) >= 11 is 0. The van der Waals surface area contributed by atoms with Gasteiger partial charge in [-0.25, -0.2) is 0 Å². The molecule has 0 aliphatic heterocycles. The molecule has 1 aromatic carbocycles. The number of benzene rings is 1. The molecule has 0 radical (unpaired) electrons. The van der Waals surface area contributed by atoms with Crippen LogP contribution in [0.2, 0.25) is 0 Å². The van der Waals surface area contributed by atoms with Gasteiger partial charge < -0.3 is 15.7 Å². The van der Waals surface area contributed by atoms with E-state index in [0.29, 0.717) is 11.8 Å². The monoisotopic (exact) mass is 447 g/mol. The predicted molar refractivity (Wildman–Crippen MR) is 114 cm³/mol. The smallest absolute Gasteiger partial charge is 0.191 e. The third kappa shape index (κ3) is 9.47. The van der Waals surface area contributed by atoms with Crippen LogP contribution >= 0.6 is 24.0 Å². The minimum absolute atomic E-state index is 0. The van der Waals surface area contributed by atoms with Gasteiger partial charge in [0, 0.05) is 26.2 Å². The molecular weight excluding hydrogens is 413 g/mol. The molecule has 0 spiro atoms. The number of aliphatic hydroxyl groups is 1. The summed E-state index contributed by atoms with van der Waals surface area (Å²) in [5.41, 5.74) is 1.33. The second-order valence-corrected chi connectivity index (χ2v) is 6.08. The molecule has 0 fully saturated rings. The fourth-order valence-electron chi connectivity index (χ4n) is 2.63. The number of hydrogen-bond acceptors (Lipinski definition) is 2. The Hall–Kier alpha value is -0.820. The SMILES string of the molecule is CCCC(CCO)CN=C(NCC)NCC(C)c1ccccc1.I. The lowest BCUT2D eigenvalue weighted by Crippen LogP contribution is -2.39. The lowest BCUT2D eigenvalue weighted by Gasteiger charge is -2.18. The van der Waals surface area contributed by atoms with E-state index in [9.17, 15) is 0 Å². The van der Waals surface area contributed by atoms with Crippen molar-refractivity contribution in [3.8, 4) is 0 Å². The zero-order valence-corrected chi connectivity index (χ0v) is 17.6. The first-order valence-corrected chi connectivity index (χ1v) is 8.89. The molecule has 0 saturated heterocycles. The molecule has 138 valence electrons. The maximum Gasteiger partial charge on any atom is 0.191 e. The van der Waals surface area contributed by atoms with Gasteiger partial charge in [0.05, 0.1) is 0 Å². The largest absolute Gasteiger partial charge is 0.396 e. The third-order valence-electron chi connectivity index (χ3n) is 4.03. The highest BCUT2D eigenvalue weighted by Gasteiger charge is 2.09. The molecule has 0 amide bonds. The summed E-state index contributed by atoms with van der Waals surface area (Å²) < 4.78 is 0. The Morgan fingerprint density at radius 3 is 2.42 bits per heavy atom. The fourth-order valence-corrected chi connectivity index (χ4v) is 2.63. The normalized spacial score (nSPS) is 13.8. The molecule has 0 saturated carbocycles. The lowest BCUT2D eigenvalue weighted by atomic mass is 10.0. The van der Waals surface area contributed by atoms with Crippen LogP contribution in [0, 0.1) is 5.92 Å². The number of nitrogens with one attached hydrogen (secondary N) is 2. The third-order valence-corrected chi connectivity index (χ3v) is 4.03. The predicted octanol–water partition coefficient (Wildman–Crippen LogP) is 3.76. The van der Waals surface area contributed by atoms with Gasteiger partial charge in [0.25, 0.3) is 0 Å². The fraction of sp³-hybridized carbons (Fsp3) is 0.632. The van der Waals surface area contributed by atoms with E-state index in [2.05, 4.69) is 55.7 Å². The van der Waals surface area contributed by atoms with Crippen LogP contribution in [0.25, 0.3) is 0 Å². The summed E-state index contributed by atoms with van der Waals surface area (Å²) in [7, 11) is 0. The average Bonchev–Trinajstić information content (AvgIpc) is 2.58. The van der Waals surface area contributed by atoms with Crippen molar-refractivity contribution in [2.24, 2.45) is 10.9 Å². The second kappa shape index (κ2) is 14.5. The lowest BCUT2D eigenvalue weighted by molar-refractivity contribution is 0.253. The number of guanidine groups is 1. The first kappa shape index (κ1) is 23.2. The van der Waals surface area contributed by atoms with E-state index in [-0.39, 0.29) is 30.6 Å². The molecule has 0 heterocycles. The van der Waals surface area contributed by atoms with Gasteiger partial charge in [0.1, 0.15) is 0 Å². The Bertz CT molecular complexity index is 433. The van der Waals surface area contributed by atoms with Gasteiger partial charge >= 0.3 is 0 Å². The van der Waals surface area contributed by atoms with Crippen LogP contribution in [0.3, 0.4) is 0 Å². The van der Waals surface area contributed by atoms with Crippen LogP contribution in [-0.2, 0) is 0 Å². The maximum absolute atomic E-state index is 9.15. The first-order valence-electron chi connectivity index (χ1n) is 8.89. The summed E-state index contributed by atoms with van der Waals surface area (Å²) in [4.78, 5) is 4.70. The number of halogens is 1. The highest BCUT2D eigenvalue weighted by molar-refractivity contribution is 14.0. The molecule has 5 heteroatoms. The van der Waals surface area contributed by atoms with Gasteiger partial charge in [-0.2, -0.15) is 0 Å². The summed E-state index contributed by atoms with van der Waals surface area (Å²) in [5.74, 6) is 1.77. The van der Waals surface area contributed by atoms with Crippen molar-refractivity contribution < 1.29 is 5.11 Å². The molecule has 2 atom stereocenters. The number of aliphatic imine (C=N–C) groups is 1. The van der Waals surface area contributed by atoms with E-state index in [1.807, 2.05) is 6.07 Å². The quantitative estimate of drug-likeness (QED) is 0.291. The Morgan fingerprint density at radius 1 is 1.12 bits per heavy atom. The van der Waals surface area contributed by atoms with Gasteiger partial charge in [-0.05, 0) is 37.2 Å². The summed E-state index contributed by atoms with van der Waals surface area (Å²) in [6.45, 7) is 9.20. The summed E-state index contributed by atoms with van der Waals surface area (Å²) in [6, 6.07) is 10.5. The molecule has 3 N–H and O–H groups in total. The van der Waals surface area contributed by atoms with Crippen LogP contribution in [0.1, 0.15) is 51.5 Å². The van der Waals surface area contributed by atoms with Crippen molar-refractivity contribution in [2.75, 3.05) is 26.2 Å². The molecule has 2 unspecified atom stereocenters. The first-order chi connectivity index (χ1) is 11.2. The maximum atomic E-state index is 9.15. The van der Waals surface area contributed by atoms with Crippen molar-refractivity contribution in [3.05, 3.63) is 35.9 Å². The van der Waals surface area contributed by atoms with Crippen LogP contribution in [0.5, 0.6) is 0 Å². The zero-order chi connectivity index (χ0) is 16.9. The van der Waals surface area contributed by atoms with E-state index >= 15 is 0 Å². The van der Waals surface area contributed by atoms with Gasteiger partial charge in [-0.15, -0.1) is 24.0 Å². The number of rotatable bonds is 10. The molecule has 0 aliphatic carbocycles. The van der Waals surface area contributed by atoms with Gasteiger partial charge in [0.2, 0.25) is 0 Å². The molecule has 0 aromatic heterocycles. The van der Waals surface area contributed by atoms with Crippen molar-refractivity contribution in [3.63, 3.8) is 0 Å². The second-order valence-electron chi connectivity index (χ2n) is 6.08. The zero-order valence-electron chi connectivity index (χ0n) is 15.3. The number of hydrogen-bond donors (Lipinski definition) is 3. The molecule has 24 heavy (non-hydrogen) atoms. The van der Waals surface area contributed by atoms with Crippen molar-refractivity contribution in [1.82, 2.24) is 10.6 Å². The number of nitrogens with zero attached hydrogens (tertiary/aromatic N) is 1. The molecular formula is C19H34IN3O. The summed E-state index contributed by atoms with van der Waals surface area (Å²) in [5, 5.41) is 15.9. The van der Waals surface area contributed by atoms with Crippen LogP contribution in [0.15, 0.2) is 35.3 Å². The van der Waals surface area contributed by atoms with Gasteiger partial charge in [0.15, 0.2) is 5.96 Å². The molecule has 1 rings (SSSR count). The van der Waals surface area contributed by atoms with Crippen molar-refractivity contribution in [1.29, 1.82) is 0 Å². The Balaban J connectivity index is 0.00000529. The molecule has 0 aliphatic rings. The van der Waals surface area contributed by atoms with Gasteiger partial charge in [-0.1, -0.05) is 50.6 Å². The van der Waals surface area contributed by atoms with E-state index in [1.54, 1.807) is 0 Å². The van der Waals surface area contributed by atoms with Crippen LogP contribution in [0.4, 0.5) is 0 Å². The van der Waals surface area contributed by atoms with E-state index in [4.69, 9.17) is 10.1 Å². The minimum atomic E-state index is 0.